The molecule has 0 bridgehead atoms. The molecule has 0 amide bonds. The fourth-order valence-corrected chi connectivity index (χ4v) is 3.11. The summed E-state index contributed by atoms with van der Waals surface area (Å²) in [5.74, 6) is 0.934. The number of nitrogens with zero attached hydrogens (tertiary/aromatic N) is 3. The number of aromatic nitrogens is 3. The molecule has 0 aromatic carbocycles. The highest BCUT2D eigenvalue weighted by Crippen LogP contribution is 2.22. The minimum atomic E-state index is 0.0516. The van der Waals surface area contributed by atoms with E-state index in [1.807, 2.05) is 18.6 Å². The maximum Gasteiger partial charge on any atom is 0.136 e. The Kier molecular flexibility index (Phi) is 3.63. The molecule has 2 aromatic rings. The molecule has 19 heavy (non-hydrogen) atoms. The van der Waals surface area contributed by atoms with E-state index in [1.165, 1.54) is 4.88 Å². The molecule has 0 unspecified atom stereocenters. The summed E-state index contributed by atoms with van der Waals surface area (Å²) >= 11 is 1.73. The lowest BCUT2D eigenvalue weighted by Gasteiger charge is -2.31. The smallest absolute Gasteiger partial charge is 0.136 e. The number of aromatic amines is 1. The molecule has 0 spiro atoms. The van der Waals surface area contributed by atoms with Crippen molar-refractivity contribution in [2.24, 2.45) is 0 Å². The van der Waals surface area contributed by atoms with E-state index in [2.05, 4.69) is 26.8 Å². The molecule has 1 saturated heterocycles. The minimum absolute atomic E-state index is 0.0516. The van der Waals surface area contributed by atoms with Crippen LogP contribution >= 0.6 is 11.3 Å². The van der Waals surface area contributed by atoms with Gasteiger partial charge in [-0.1, -0.05) is 0 Å². The molecule has 6 heteroatoms. The standard InChI is InChI=1S/C13H18N4OS/c1-9-5-14-13(16-9)11-6-17(3-4-18-11)7-12-10(2)15-8-19-12/h5,8,11H,3-4,6-7H2,1-2H3,(H,14,16)/t11-/m1/s1. The van der Waals surface area contributed by atoms with Gasteiger partial charge in [-0.3, -0.25) is 4.90 Å². The summed E-state index contributed by atoms with van der Waals surface area (Å²) in [4.78, 5) is 15.7. The second-order valence-electron chi connectivity index (χ2n) is 4.91. The lowest BCUT2D eigenvalue weighted by Crippen LogP contribution is -2.38. The zero-order chi connectivity index (χ0) is 13.2. The summed E-state index contributed by atoms with van der Waals surface area (Å²) in [5.41, 5.74) is 4.13. The quantitative estimate of drug-likeness (QED) is 0.933. The van der Waals surface area contributed by atoms with Crippen molar-refractivity contribution in [3.8, 4) is 0 Å². The van der Waals surface area contributed by atoms with E-state index in [0.717, 1.165) is 43.5 Å². The van der Waals surface area contributed by atoms with Crippen LogP contribution in [0.15, 0.2) is 11.7 Å². The number of hydrogen-bond acceptors (Lipinski definition) is 5. The molecule has 1 N–H and O–H groups in total. The summed E-state index contributed by atoms with van der Waals surface area (Å²) < 4.78 is 5.81. The Morgan fingerprint density at radius 2 is 2.37 bits per heavy atom. The van der Waals surface area contributed by atoms with Crippen molar-refractivity contribution in [2.75, 3.05) is 19.7 Å². The zero-order valence-corrected chi connectivity index (χ0v) is 12.0. The number of morpholine rings is 1. The van der Waals surface area contributed by atoms with Gasteiger partial charge in [0.15, 0.2) is 0 Å². The molecule has 0 radical (unpaired) electrons. The van der Waals surface area contributed by atoms with Crippen LogP contribution in [0.25, 0.3) is 0 Å². The van der Waals surface area contributed by atoms with Crippen LogP contribution in [0.3, 0.4) is 0 Å². The first-order valence-electron chi connectivity index (χ1n) is 6.47. The number of ether oxygens (including phenoxy) is 1. The topological polar surface area (TPSA) is 54.0 Å². The van der Waals surface area contributed by atoms with E-state index in [4.69, 9.17) is 4.74 Å². The highest BCUT2D eigenvalue weighted by atomic mass is 32.1. The Morgan fingerprint density at radius 3 is 3.05 bits per heavy atom. The van der Waals surface area contributed by atoms with Crippen LogP contribution in [0.2, 0.25) is 0 Å². The van der Waals surface area contributed by atoms with Crippen LogP contribution in [0.4, 0.5) is 0 Å². The van der Waals surface area contributed by atoms with Crippen molar-refractivity contribution < 1.29 is 4.74 Å². The van der Waals surface area contributed by atoms with Crippen LogP contribution in [0, 0.1) is 13.8 Å². The average Bonchev–Trinajstić information content (AvgIpc) is 3.00. The summed E-state index contributed by atoms with van der Waals surface area (Å²) in [5, 5.41) is 0. The number of H-pyrrole nitrogens is 1. The molecule has 3 heterocycles. The first-order chi connectivity index (χ1) is 9.22. The third-order valence-corrected chi connectivity index (χ3v) is 4.31. The fraction of sp³-hybridized carbons (Fsp3) is 0.538. The zero-order valence-electron chi connectivity index (χ0n) is 11.2. The first kappa shape index (κ1) is 12.8. The predicted octanol–water partition coefficient (Wildman–Crippen LogP) is 2.06. The Hall–Kier alpha value is -1.24. The minimum Gasteiger partial charge on any atom is -0.368 e. The van der Waals surface area contributed by atoms with Crippen molar-refractivity contribution in [3.63, 3.8) is 0 Å². The van der Waals surface area contributed by atoms with Gasteiger partial charge in [0.2, 0.25) is 0 Å². The van der Waals surface area contributed by atoms with E-state index >= 15 is 0 Å². The van der Waals surface area contributed by atoms with Crippen LogP contribution in [0.1, 0.15) is 28.2 Å². The number of imidazole rings is 1. The van der Waals surface area contributed by atoms with Gasteiger partial charge < -0.3 is 9.72 Å². The van der Waals surface area contributed by atoms with Crippen LogP contribution in [0.5, 0.6) is 0 Å². The van der Waals surface area contributed by atoms with E-state index in [9.17, 15) is 0 Å². The maximum atomic E-state index is 5.81. The number of aryl methyl sites for hydroxylation is 2. The van der Waals surface area contributed by atoms with Gasteiger partial charge in [0.25, 0.3) is 0 Å². The second kappa shape index (κ2) is 5.40. The van der Waals surface area contributed by atoms with Crippen molar-refractivity contribution in [2.45, 2.75) is 26.5 Å². The highest BCUT2D eigenvalue weighted by Gasteiger charge is 2.24. The molecule has 3 rings (SSSR count). The molecular formula is C13H18N4OS. The molecule has 102 valence electrons. The average molecular weight is 278 g/mol. The first-order valence-corrected chi connectivity index (χ1v) is 7.35. The molecule has 0 aliphatic carbocycles. The largest absolute Gasteiger partial charge is 0.368 e. The van der Waals surface area contributed by atoms with Crippen molar-refractivity contribution in [3.05, 3.63) is 33.8 Å². The second-order valence-corrected chi connectivity index (χ2v) is 5.85. The van der Waals surface area contributed by atoms with E-state index in [0.29, 0.717) is 0 Å². The Morgan fingerprint density at radius 1 is 1.47 bits per heavy atom. The third kappa shape index (κ3) is 2.86. The summed E-state index contributed by atoms with van der Waals surface area (Å²) in [6.07, 6.45) is 1.90. The summed E-state index contributed by atoms with van der Waals surface area (Å²) in [6.45, 7) is 7.63. The van der Waals surface area contributed by atoms with Gasteiger partial charge in [0.1, 0.15) is 11.9 Å². The van der Waals surface area contributed by atoms with Crippen molar-refractivity contribution in [1.82, 2.24) is 19.9 Å². The maximum absolute atomic E-state index is 5.81. The van der Waals surface area contributed by atoms with Crippen LogP contribution < -0.4 is 0 Å². The fourth-order valence-electron chi connectivity index (χ4n) is 2.29. The monoisotopic (exact) mass is 278 g/mol. The molecule has 0 saturated carbocycles. The summed E-state index contributed by atoms with van der Waals surface area (Å²) in [7, 11) is 0. The van der Waals surface area contributed by atoms with E-state index in [-0.39, 0.29) is 6.10 Å². The number of rotatable bonds is 3. The van der Waals surface area contributed by atoms with Gasteiger partial charge in [-0.25, -0.2) is 9.97 Å². The molecule has 2 aromatic heterocycles. The van der Waals surface area contributed by atoms with Gasteiger partial charge in [0, 0.05) is 36.4 Å². The van der Waals surface area contributed by atoms with Crippen LogP contribution in [-0.4, -0.2) is 39.5 Å². The van der Waals surface area contributed by atoms with Crippen LogP contribution in [-0.2, 0) is 11.3 Å². The Labute approximate surface area is 116 Å². The van der Waals surface area contributed by atoms with Gasteiger partial charge in [-0.2, -0.15) is 0 Å². The molecule has 1 aliphatic heterocycles. The third-order valence-electron chi connectivity index (χ3n) is 3.39. The van der Waals surface area contributed by atoms with Gasteiger partial charge in [-0.05, 0) is 13.8 Å². The van der Waals surface area contributed by atoms with E-state index in [1.54, 1.807) is 11.3 Å². The van der Waals surface area contributed by atoms with Gasteiger partial charge in [0.05, 0.1) is 17.8 Å². The Balaban J connectivity index is 1.66. The van der Waals surface area contributed by atoms with Crippen molar-refractivity contribution in [1.29, 1.82) is 0 Å². The van der Waals surface area contributed by atoms with Gasteiger partial charge in [-0.15, -0.1) is 11.3 Å². The van der Waals surface area contributed by atoms with E-state index < -0.39 is 0 Å². The molecular weight excluding hydrogens is 260 g/mol. The lowest BCUT2D eigenvalue weighted by molar-refractivity contribution is -0.0366. The lowest BCUT2D eigenvalue weighted by atomic mass is 10.2. The number of thiazole rings is 1. The number of nitrogens with one attached hydrogen (secondary N) is 1. The SMILES string of the molecule is Cc1cnc([C@H]2CN(Cc3scnc3C)CCO2)[nH]1. The molecule has 5 nitrogen and oxygen atoms in total. The predicted molar refractivity (Wildman–Crippen MR) is 74.1 cm³/mol. The normalized spacial score (nSPS) is 20.8. The highest BCUT2D eigenvalue weighted by molar-refractivity contribution is 7.09. The molecule has 1 fully saturated rings. The Bertz CT molecular complexity index is 550. The molecule has 1 atom stereocenters. The van der Waals surface area contributed by atoms with Gasteiger partial charge >= 0.3 is 0 Å². The number of hydrogen-bond donors (Lipinski definition) is 1. The molecule has 1 aliphatic rings. The van der Waals surface area contributed by atoms with Crippen molar-refractivity contribution >= 4 is 11.3 Å². The summed E-state index contributed by atoms with van der Waals surface area (Å²) in [6, 6.07) is 0.